The molecule has 1 fully saturated rings. The number of phenols is 1. The van der Waals surface area contributed by atoms with Crippen LogP contribution in [0.4, 0.5) is 15.8 Å². The highest BCUT2D eigenvalue weighted by molar-refractivity contribution is 6.16. The van der Waals surface area contributed by atoms with Crippen molar-refractivity contribution in [3.8, 4) is 5.75 Å². The van der Waals surface area contributed by atoms with Crippen LogP contribution in [0.3, 0.4) is 0 Å². The van der Waals surface area contributed by atoms with Crippen LogP contribution in [0.2, 0.25) is 0 Å². The number of phenolic OH excluding ortho intramolecular Hbond substituents is 1. The Kier molecular flexibility index (Phi) is 5.40. The Balaban J connectivity index is 1.54. The second-order valence-corrected chi connectivity index (χ2v) is 9.03. The molecular formula is C24H28FN7O2. The standard InChI is InChI=1S/C24H28FN7O2/c1-5-32-13-17-19(30-7-6-16(12-30)29(3)4)9-20(33)21(22(17)28-32)24(34)27-15-8-18(25)23-26-14(2)10-31(23)11-15/h8-11,13,16,33H,5-7,12H2,1-4H3,(H,27,34)/t16-/m1/s1. The third-order valence-corrected chi connectivity index (χ3v) is 6.47. The van der Waals surface area contributed by atoms with Crippen LogP contribution in [0.25, 0.3) is 16.6 Å². The van der Waals surface area contributed by atoms with E-state index in [1.165, 1.54) is 10.5 Å². The number of hydrogen-bond acceptors (Lipinski definition) is 6. The van der Waals surface area contributed by atoms with Crippen LogP contribution in [-0.2, 0) is 6.54 Å². The number of rotatable bonds is 5. The molecule has 4 heterocycles. The topological polar surface area (TPSA) is 90.9 Å². The van der Waals surface area contributed by atoms with Gasteiger partial charge < -0.3 is 24.6 Å². The van der Waals surface area contributed by atoms with E-state index in [9.17, 15) is 14.3 Å². The fraction of sp³-hybridized carbons (Fsp3) is 0.375. The predicted octanol–water partition coefficient (Wildman–Crippen LogP) is 3.25. The minimum Gasteiger partial charge on any atom is -0.507 e. The molecule has 0 radical (unpaired) electrons. The third kappa shape index (κ3) is 3.73. The molecule has 3 aromatic heterocycles. The highest BCUT2D eigenvalue weighted by Crippen LogP contribution is 2.37. The van der Waals surface area contributed by atoms with E-state index in [1.807, 2.05) is 13.1 Å². The van der Waals surface area contributed by atoms with Gasteiger partial charge in [0.15, 0.2) is 11.5 Å². The molecule has 0 unspecified atom stereocenters. The molecular weight excluding hydrogens is 437 g/mol. The fourth-order valence-corrected chi connectivity index (χ4v) is 4.67. The Bertz CT molecular complexity index is 1410. The van der Waals surface area contributed by atoms with E-state index < -0.39 is 11.7 Å². The number of likely N-dealkylation sites (N-methyl/N-ethyl adjacent to an activating group) is 1. The van der Waals surface area contributed by atoms with E-state index in [1.54, 1.807) is 30.1 Å². The number of anilines is 2. The van der Waals surface area contributed by atoms with Gasteiger partial charge in [-0.15, -0.1) is 0 Å². The van der Waals surface area contributed by atoms with E-state index in [-0.39, 0.29) is 22.6 Å². The number of nitrogens with zero attached hydrogens (tertiary/aromatic N) is 6. The van der Waals surface area contributed by atoms with Gasteiger partial charge in [0, 0.05) is 61.8 Å². The molecule has 1 amide bonds. The molecule has 1 aliphatic heterocycles. The van der Waals surface area contributed by atoms with Gasteiger partial charge in [0.25, 0.3) is 5.91 Å². The van der Waals surface area contributed by atoms with Gasteiger partial charge >= 0.3 is 0 Å². The zero-order valence-electron chi connectivity index (χ0n) is 19.7. The summed E-state index contributed by atoms with van der Waals surface area (Å²) in [5, 5.41) is 19.0. The van der Waals surface area contributed by atoms with Crippen molar-refractivity contribution in [2.45, 2.75) is 32.9 Å². The molecule has 10 heteroatoms. The minimum atomic E-state index is -0.557. The second-order valence-electron chi connectivity index (χ2n) is 9.03. The van der Waals surface area contributed by atoms with Crippen molar-refractivity contribution in [2.75, 3.05) is 37.4 Å². The second kappa shape index (κ2) is 8.28. The Morgan fingerprint density at radius 3 is 2.79 bits per heavy atom. The zero-order chi connectivity index (χ0) is 24.1. The summed E-state index contributed by atoms with van der Waals surface area (Å²) in [7, 11) is 4.13. The van der Waals surface area contributed by atoms with Crippen molar-refractivity contribution in [2.24, 2.45) is 0 Å². The molecule has 0 aliphatic carbocycles. The summed E-state index contributed by atoms with van der Waals surface area (Å²) in [5.74, 6) is -1.26. The Hall–Kier alpha value is -3.66. The van der Waals surface area contributed by atoms with Gasteiger partial charge in [-0.1, -0.05) is 0 Å². The summed E-state index contributed by atoms with van der Waals surface area (Å²) in [6.07, 6.45) is 6.19. The average Bonchev–Trinajstić information content (AvgIpc) is 3.50. The quantitative estimate of drug-likeness (QED) is 0.470. The molecule has 9 nitrogen and oxygen atoms in total. The lowest BCUT2D eigenvalue weighted by atomic mass is 10.1. The smallest absolute Gasteiger partial charge is 0.261 e. The summed E-state index contributed by atoms with van der Waals surface area (Å²) in [4.78, 5) is 21.8. The first-order chi connectivity index (χ1) is 16.2. The lowest BCUT2D eigenvalue weighted by Gasteiger charge is -2.23. The number of hydrogen-bond donors (Lipinski definition) is 2. The maximum atomic E-state index is 14.5. The summed E-state index contributed by atoms with van der Waals surface area (Å²) < 4.78 is 17.8. The Morgan fingerprint density at radius 1 is 1.29 bits per heavy atom. The van der Waals surface area contributed by atoms with Gasteiger partial charge in [0.2, 0.25) is 0 Å². The number of fused-ring (bicyclic) bond motifs is 2. The van der Waals surface area contributed by atoms with Gasteiger partial charge in [-0.3, -0.25) is 9.48 Å². The molecule has 0 bridgehead atoms. The number of carbonyl (C=O) groups excluding carboxylic acids is 1. The molecule has 0 saturated carbocycles. The number of aryl methyl sites for hydroxylation is 2. The number of carbonyl (C=O) groups is 1. The van der Waals surface area contributed by atoms with Crippen LogP contribution in [0.15, 0.2) is 30.7 Å². The van der Waals surface area contributed by atoms with Crippen LogP contribution < -0.4 is 10.2 Å². The van der Waals surface area contributed by atoms with E-state index in [2.05, 4.69) is 39.3 Å². The zero-order valence-corrected chi connectivity index (χ0v) is 19.7. The highest BCUT2D eigenvalue weighted by atomic mass is 19.1. The largest absolute Gasteiger partial charge is 0.507 e. The van der Waals surface area contributed by atoms with Gasteiger partial charge in [-0.25, -0.2) is 9.37 Å². The first kappa shape index (κ1) is 22.1. The normalized spacial score (nSPS) is 16.3. The van der Waals surface area contributed by atoms with Crippen LogP contribution >= 0.6 is 0 Å². The number of benzene rings is 1. The molecule has 1 aliphatic rings. The van der Waals surface area contributed by atoms with Gasteiger partial charge in [0.05, 0.1) is 17.1 Å². The van der Waals surface area contributed by atoms with Crippen LogP contribution in [0, 0.1) is 12.7 Å². The van der Waals surface area contributed by atoms with E-state index >= 15 is 0 Å². The van der Waals surface area contributed by atoms with Crippen molar-refractivity contribution in [1.82, 2.24) is 24.1 Å². The van der Waals surface area contributed by atoms with Crippen molar-refractivity contribution < 1.29 is 14.3 Å². The number of amides is 1. The number of pyridine rings is 1. The van der Waals surface area contributed by atoms with Crippen molar-refractivity contribution in [3.05, 3.63) is 47.8 Å². The molecule has 5 rings (SSSR count). The molecule has 4 aromatic rings. The number of imidazole rings is 1. The van der Waals surface area contributed by atoms with Crippen molar-refractivity contribution in [3.63, 3.8) is 0 Å². The van der Waals surface area contributed by atoms with Crippen LogP contribution in [0.5, 0.6) is 5.75 Å². The first-order valence-corrected chi connectivity index (χ1v) is 11.4. The Labute approximate surface area is 196 Å². The molecule has 1 atom stereocenters. The SMILES string of the molecule is CCn1cc2c(N3CC[C@@H](N(C)C)C3)cc(O)c(C(=O)Nc3cc(F)c4nc(C)cn4c3)c2n1. The summed E-state index contributed by atoms with van der Waals surface area (Å²) in [6, 6.07) is 3.27. The predicted molar refractivity (Wildman–Crippen MR) is 129 cm³/mol. The van der Waals surface area contributed by atoms with Crippen LogP contribution in [-0.4, -0.2) is 68.3 Å². The van der Waals surface area contributed by atoms with Crippen molar-refractivity contribution in [1.29, 1.82) is 0 Å². The first-order valence-electron chi connectivity index (χ1n) is 11.4. The van der Waals surface area contributed by atoms with Crippen molar-refractivity contribution >= 4 is 33.8 Å². The minimum absolute atomic E-state index is 0.0663. The molecule has 0 spiro atoms. The van der Waals surface area contributed by atoms with Gasteiger partial charge in [-0.2, -0.15) is 5.10 Å². The van der Waals surface area contributed by atoms with Crippen LogP contribution in [0.1, 0.15) is 29.4 Å². The van der Waals surface area contributed by atoms with E-state index in [0.717, 1.165) is 30.6 Å². The lowest BCUT2D eigenvalue weighted by Crippen LogP contribution is -2.31. The average molecular weight is 466 g/mol. The monoisotopic (exact) mass is 465 g/mol. The molecule has 1 aromatic carbocycles. The molecule has 34 heavy (non-hydrogen) atoms. The maximum Gasteiger partial charge on any atom is 0.261 e. The number of aromatic nitrogens is 4. The number of halogens is 1. The van der Waals surface area contributed by atoms with Gasteiger partial charge in [0.1, 0.15) is 16.8 Å². The number of aromatic hydroxyl groups is 1. The summed E-state index contributed by atoms with van der Waals surface area (Å²) in [5.41, 5.74) is 2.45. The number of nitrogens with one attached hydrogen (secondary N) is 1. The highest BCUT2D eigenvalue weighted by Gasteiger charge is 2.29. The third-order valence-electron chi connectivity index (χ3n) is 6.47. The molecule has 2 N–H and O–H groups in total. The maximum absolute atomic E-state index is 14.5. The molecule has 1 saturated heterocycles. The molecule has 178 valence electrons. The fourth-order valence-electron chi connectivity index (χ4n) is 4.67. The van der Waals surface area contributed by atoms with E-state index in [0.29, 0.717) is 23.8 Å². The summed E-state index contributed by atoms with van der Waals surface area (Å²) in [6.45, 7) is 6.04. The van der Waals surface area contributed by atoms with E-state index in [4.69, 9.17) is 0 Å². The Morgan fingerprint density at radius 2 is 2.09 bits per heavy atom. The lowest BCUT2D eigenvalue weighted by molar-refractivity contribution is 0.102. The van der Waals surface area contributed by atoms with Gasteiger partial charge in [-0.05, 0) is 34.4 Å². The summed E-state index contributed by atoms with van der Waals surface area (Å²) >= 11 is 0.